The van der Waals surface area contributed by atoms with Gasteiger partial charge in [0, 0.05) is 6.04 Å². The van der Waals surface area contributed by atoms with Gasteiger partial charge in [-0.05, 0) is 31.2 Å². The van der Waals surface area contributed by atoms with E-state index in [1.165, 1.54) is 24.6 Å². The molecule has 110 valence electrons. The monoisotopic (exact) mass is 302 g/mol. The summed E-state index contributed by atoms with van der Waals surface area (Å²) in [7, 11) is 0. The highest BCUT2D eigenvalue weighted by Gasteiger charge is 2.32. The van der Waals surface area contributed by atoms with Crippen LogP contribution in [0.3, 0.4) is 0 Å². The summed E-state index contributed by atoms with van der Waals surface area (Å²) in [6.07, 6.45) is 4.35. The summed E-state index contributed by atoms with van der Waals surface area (Å²) in [6.45, 7) is 2.20. The van der Waals surface area contributed by atoms with Gasteiger partial charge < -0.3 is 9.67 Å². The Kier molecular flexibility index (Phi) is 4.01. The Morgan fingerprint density at radius 2 is 2.14 bits per heavy atom. The number of hydrogen-bond donors (Lipinski definition) is 1. The van der Waals surface area contributed by atoms with E-state index >= 15 is 0 Å². The number of carboxylic acids is 1. The van der Waals surface area contributed by atoms with Crippen LogP contribution in [0.15, 0.2) is 41.7 Å². The Morgan fingerprint density at radius 3 is 2.76 bits per heavy atom. The van der Waals surface area contributed by atoms with Crippen molar-refractivity contribution in [2.75, 3.05) is 5.75 Å². The highest BCUT2D eigenvalue weighted by atomic mass is 32.2. The number of benzene rings is 1. The van der Waals surface area contributed by atoms with Gasteiger partial charge in [0.15, 0.2) is 5.16 Å². The van der Waals surface area contributed by atoms with Crippen molar-refractivity contribution >= 4 is 17.7 Å². The molecule has 0 spiro atoms. The maximum absolute atomic E-state index is 10.8. The lowest BCUT2D eigenvalue weighted by molar-refractivity contribution is -0.133. The van der Waals surface area contributed by atoms with Gasteiger partial charge in [0.2, 0.25) is 0 Å². The van der Waals surface area contributed by atoms with Crippen molar-refractivity contribution in [1.82, 2.24) is 9.55 Å². The van der Waals surface area contributed by atoms with Crippen LogP contribution in [-0.4, -0.2) is 26.4 Å². The van der Waals surface area contributed by atoms with E-state index in [-0.39, 0.29) is 5.75 Å². The number of aromatic nitrogens is 2. The molecular weight excluding hydrogens is 284 g/mol. The predicted molar refractivity (Wildman–Crippen MR) is 83.5 cm³/mol. The number of carboxylic acid groups (broad SMARTS) is 1. The third-order valence-corrected chi connectivity index (χ3v) is 4.82. The van der Waals surface area contributed by atoms with Crippen LogP contribution in [0.1, 0.15) is 25.8 Å². The van der Waals surface area contributed by atoms with E-state index in [1.54, 1.807) is 0 Å². The highest BCUT2D eigenvalue weighted by Crippen LogP contribution is 2.43. The van der Waals surface area contributed by atoms with E-state index in [2.05, 4.69) is 28.6 Å². The SMILES string of the molecule is CC(C1CC1)n1c(-c2ccccc2)cnc1SCC(=O)O. The number of carbonyl (C=O) groups is 1. The Hall–Kier alpha value is -1.75. The van der Waals surface area contributed by atoms with Crippen LogP contribution in [0, 0.1) is 5.92 Å². The lowest BCUT2D eigenvalue weighted by atomic mass is 10.1. The molecule has 4 nitrogen and oxygen atoms in total. The fourth-order valence-electron chi connectivity index (χ4n) is 2.58. The molecule has 0 saturated heterocycles. The normalized spacial score (nSPS) is 15.9. The number of rotatable bonds is 6. The van der Waals surface area contributed by atoms with Crippen molar-refractivity contribution in [3.63, 3.8) is 0 Å². The maximum atomic E-state index is 10.8. The molecule has 21 heavy (non-hydrogen) atoms. The lowest BCUT2D eigenvalue weighted by Crippen LogP contribution is -2.11. The van der Waals surface area contributed by atoms with E-state index in [4.69, 9.17) is 5.11 Å². The Morgan fingerprint density at radius 1 is 1.43 bits per heavy atom. The quantitative estimate of drug-likeness (QED) is 0.827. The smallest absolute Gasteiger partial charge is 0.313 e. The average molecular weight is 302 g/mol. The first kappa shape index (κ1) is 14.2. The van der Waals surface area contributed by atoms with Gasteiger partial charge in [-0.25, -0.2) is 4.98 Å². The first-order chi connectivity index (χ1) is 10.2. The largest absolute Gasteiger partial charge is 0.481 e. The van der Waals surface area contributed by atoms with E-state index in [1.807, 2.05) is 24.4 Å². The lowest BCUT2D eigenvalue weighted by Gasteiger charge is -2.19. The minimum Gasteiger partial charge on any atom is -0.481 e. The number of imidazole rings is 1. The summed E-state index contributed by atoms with van der Waals surface area (Å²) in [6, 6.07) is 10.5. The molecular formula is C16H18N2O2S. The molecule has 1 atom stereocenters. The maximum Gasteiger partial charge on any atom is 0.313 e. The molecule has 5 heteroatoms. The fraction of sp³-hybridized carbons (Fsp3) is 0.375. The van der Waals surface area contributed by atoms with Crippen LogP contribution in [-0.2, 0) is 4.79 Å². The zero-order valence-corrected chi connectivity index (χ0v) is 12.7. The molecule has 1 aromatic heterocycles. The number of aliphatic carboxylic acids is 1. The number of nitrogens with zero attached hydrogens (tertiary/aromatic N) is 2. The van der Waals surface area contributed by atoms with E-state index < -0.39 is 5.97 Å². The van der Waals surface area contributed by atoms with E-state index in [9.17, 15) is 4.79 Å². The Balaban J connectivity index is 1.97. The minimum absolute atomic E-state index is 0.0443. The first-order valence-electron chi connectivity index (χ1n) is 7.14. The van der Waals surface area contributed by atoms with Crippen LogP contribution in [0.4, 0.5) is 0 Å². The number of thioether (sulfide) groups is 1. The molecule has 0 bridgehead atoms. The molecule has 1 N–H and O–H groups in total. The summed E-state index contributed by atoms with van der Waals surface area (Å²) in [4.78, 5) is 15.3. The summed E-state index contributed by atoms with van der Waals surface area (Å²) in [5.74, 6) is -0.0801. The molecule has 1 unspecified atom stereocenters. The first-order valence-corrected chi connectivity index (χ1v) is 8.12. The van der Waals surface area contributed by atoms with Gasteiger partial charge in [0.25, 0.3) is 0 Å². The van der Waals surface area contributed by atoms with Gasteiger partial charge in [0.05, 0.1) is 17.6 Å². The van der Waals surface area contributed by atoms with Crippen molar-refractivity contribution in [2.45, 2.75) is 31.0 Å². The summed E-state index contributed by atoms with van der Waals surface area (Å²) in [5, 5.41) is 9.69. The third kappa shape index (κ3) is 3.13. The van der Waals surface area contributed by atoms with Gasteiger partial charge in [-0.2, -0.15) is 0 Å². The third-order valence-electron chi connectivity index (χ3n) is 3.87. The zero-order chi connectivity index (χ0) is 14.8. The molecule has 1 aliphatic carbocycles. The average Bonchev–Trinajstić information content (AvgIpc) is 3.25. The molecule has 0 radical (unpaired) electrons. The van der Waals surface area contributed by atoms with Gasteiger partial charge in [-0.3, -0.25) is 4.79 Å². The molecule has 3 rings (SSSR count). The standard InChI is InChI=1S/C16H18N2O2S/c1-11(12-7-8-12)18-14(13-5-3-2-4-6-13)9-17-16(18)21-10-15(19)20/h2-6,9,11-12H,7-8,10H2,1H3,(H,19,20). The Labute approximate surface area is 128 Å². The van der Waals surface area contributed by atoms with E-state index in [0.29, 0.717) is 12.0 Å². The topological polar surface area (TPSA) is 55.1 Å². The molecule has 1 aliphatic rings. The van der Waals surface area contributed by atoms with Gasteiger partial charge in [0.1, 0.15) is 0 Å². The van der Waals surface area contributed by atoms with Gasteiger partial charge in [-0.15, -0.1) is 0 Å². The second-order valence-corrected chi connectivity index (χ2v) is 6.36. The number of hydrogen-bond acceptors (Lipinski definition) is 3. The van der Waals surface area contributed by atoms with Crippen LogP contribution in [0.25, 0.3) is 11.3 Å². The minimum atomic E-state index is -0.810. The summed E-state index contributed by atoms with van der Waals surface area (Å²) >= 11 is 1.30. The molecule has 1 fully saturated rings. The highest BCUT2D eigenvalue weighted by molar-refractivity contribution is 7.99. The van der Waals surface area contributed by atoms with E-state index in [0.717, 1.165) is 16.4 Å². The van der Waals surface area contributed by atoms with Crippen LogP contribution in [0.2, 0.25) is 0 Å². The van der Waals surface area contributed by atoms with Crippen molar-refractivity contribution < 1.29 is 9.90 Å². The molecule has 0 amide bonds. The predicted octanol–water partition coefficient (Wildman–Crippen LogP) is 3.70. The van der Waals surface area contributed by atoms with Crippen molar-refractivity contribution in [1.29, 1.82) is 0 Å². The van der Waals surface area contributed by atoms with Crippen molar-refractivity contribution in [3.05, 3.63) is 36.5 Å². The molecule has 1 heterocycles. The van der Waals surface area contributed by atoms with Gasteiger partial charge >= 0.3 is 5.97 Å². The summed E-state index contributed by atoms with van der Waals surface area (Å²) in [5.41, 5.74) is 2.20. The van der Waals surface area contributed by atoms with Crippen LogP contribution < -0.4 is 0 Å². The molecule has 0 aliphatic heterocycles. The second-order valence-electron chi connectivity index (χ2n) is 5.42. The van der Waals surface area contributed by atoms with Crippen LogP contribution in [0.5, 0.6) is 0 Å². The molecule has 2 aromatic rings. The Bertz CT molecular complexity index is 635. The van der Waals surface area contributed by atoms with Gasteiger partial charge in [-0.1, -0.05) is 42.1 Å². The van der Waals surface area contributed by atoms with Crippen molar-refractivity contribution in [3.8, 4) is 11.3 Å². The van der Waals surface area contributed by atoms with Crippen LogP contribution >= 0.6 is 11.8 Å². The van der Waals surface area contributed by atoms with Crippen molar-refractivity contribution in [2.24, 2.45) is 5.92 Å². The zero-order valence-electron chi connectivity index (χ0n) is 11.9. The second kappa shape index (κ2) is 5.93. The fourth-order valence-corrected chi connectivity index (χ4v) is 3.37. The molecule has 1 saturated carbocycles. The molecule has 1 aromatic carbocycles. The summed E-state index contributed by atoms with van der Waals surface area (Å²) < 4.78 is 2.21.